The van der Waals surface area contributed by atoms with E-state index in [4.69, 9.17) is 4.74 Å². The molecule has 0 radical (unpaired) electrons. The summed E-state index contributed by atoms with van der Waals surface area (Å²) in [5.41, 5.74) is 1.22. The highest BCUT2D eigenvalue weighted by Gasteiger charge is 2.22. The van der Waals surface area contributed by atoms with E-state index in [2.05, 4.69) is 42.6 Å². The first-order valence-electron chi connectivity index (χ1n) is 8.53. The van der Waals surface area contributed by atoms with Crippen molar-refractivity contribution < 1.29 is 9.53 Å². The summed E-state index contributed by atoms with van der Waals surface area (Å²) in [6, 6.07) is 0.333. The van der Waals surface area contributed by atoms with Gasteiger partial charge < -0.3 is 14.6 Å². The van der Waals surface area contributed by atoms with Gasteiger partial charge in [0.2, 0.25) is 5.91 Å². The number of carbonyl (C=O) groups excluding carboxylic acids is 1. The van der Waals surface area contributed by atoms with Crippen LogP contribution < -0.4 is 5.32 Å². The molecule has 2 rings (SSSR count). The van der Waals surface area contributed by atoms with Crippen molar-refractivity contribution in [3.63, 3.8) is 0 Å². The summed E-state index contributed by atoms with van der Waals surface area (Å²) in [5, 5.41) is 3.75. The average Bonchev–Trinajstić information content (AvgIpc) is 3.13. The van der Waals surface area contributed by atoms with Gasteiger partial charge in [-0.2, -0.15) is 0 Å². The Labute approximate surface area is 143 Å². The van der Waals surface area contributed by atoms with Gasteiger partial charge in [-0.05, 0) is 39.5 Å². The van der Waals surface area contributed by atoms with Crippen LogP contribution in [-0.4, -0.2) is 40.0 Å². The average molecular weight is 340 g/mol. The van der Waals surface area contributed by atoms with Crippen LogP contribution in [-0.2, 0) is 9.53 Å². The smallest absolute Gasteiger partial charge is 0.233 e. The molecule has 1 aromatic heterocycles. The molecule has 0 bridgehead atoms. The molecule has 1 N–H and O–H groups in total. The Bertz CT molecular complexity index is 522. The first-order valence-corrected chi connectivity index (χ1v) is 9.41. The molecule has 23 heavy (non-hydrogen) atoms. The maximum atomic E-state index is 12.3. The van der Waals surface area contributed by atoms with Gasteiger partial charge in [0.05, 0.1) is 11.4 Å². The molecular formula is C17H29N3O2S. The number of aromatic nitrogens is 2. The Hall–Kier alpha value is -1.01. The van der Waals surface area contributed by atoms with Crippen LogP contribution in [0.4, 0.5) is 0 Å². The number of hydrogen-bond donors (Lipinski definition) is 1. The molecule has 130 valence electrons. The maximum absolute atomic E-state index is 12.3. The molecule has 2 atom stereocenters. The van der Waals surface area contributed by atoms with Crippen molar-refractivity contribution in [2.75, 3.05) is 13.2 Å². The summed E-state index contributed by atoms with van der Waals surface area (Å²) in [4.78, 5) is 16.8. The first kappa shape index (κ1) is 18.3. The lowest BCUT2D eigenvalue weighted by molar-refractivity contribution is -0.120. The van der Waals surface area contributed by atoms with E-state index in [9.17, 15) is 4.79 Å². The fourth-order valence-corrected chi connectivity index (χ4v) is 3.81. The highest BCUT2D eigenvalue weighted by atomic mass is 32.2. The molecule has 1 saturated heterocycles. The summed E-state index contributed by atoms with van der Waals surface area (Å²) in [7, 11) is 0. The Morgan fingerprint density at radius 3 is 2.74 bits per heavy atom. The number of thioether (sulfide) groups is 1. The number of nitrogens with zero attached hydrogens (tertiary/aromatic N) is 2. The van der Waals surface area contributed by atoms with Crippen LogP contribution in [0.5, 0.6) is 0 Å². The number of ether oxygens (including phenoxy) is 1. The van der Waals surface area contributed by atoms with Crippen molar-refractivity contribution in [1.29, 1.82) is 0 Å². The van der Waals surface area contributed by atoms with Gasteiger partial charge in [0.25, 0.3) is 0 Å². The Kier molecular flexibility index (Phi) is 6.53. The molecule has 0 unspecified atom stereocenters. The van der Waals surface area contributed by atoms with E-state index in [0.717, 1.165) is 24.6 Å². The van der Waals surface area contributed by atoms with E-state index in [1.54, 1.807) is 0 Å². The third kappa shape index (κ3) is 4.73. The lowest BCUT2D eigenvalue weighted by Gasteiger charge is -2.19. The molecule has 0 aliphatic carbocycles. The molecule has 1 fully saturated rings. The van der Waals surface area contributed by atoms with Gasteiger partial charge >= 0.3 is 0 Å². The fourth-order valence-electron chi connectivity index (χ4n) is 2.76. The van der Waals surface area contributed by atoms with Gasteiger partial charge in [-0.25, -0.2) is 4.98 Å². The fraction of sp³-hybridized carbons (Fsp3) is 0.765. The minimum Gasteiger partial charge on any atom is -0.376 e. The van der Waals surface area contributed by atoms with Gasteiger partial charge in [0, 0.05) is 31.1 Å². The standard InChI is InChI=1S/C17H29N3O2S/c1-11(2)15-10-19-17(20(15)12(3)4)23-13(5)16(21)18-9-14-7-6-8-22-14/h10-14H,6-9H2,1-5H3,(H,18,21)/t13-,14+/m1/s1. The number of nitrogens with one attached hydrogen (secondary N) is 1. The maximum Gasteiger partial charge on any atom is 0.233 e. The van der Waals surface area contributed by atoms with Crippen molar-refractivity contribution >= 4 is 17.7 Å². The molecule has 5 nitrogen and oxygen atoms in total. The third-order valence-electron chi connectivity index (χ3n) is 4.08. The van der Waals surface area contributed by atoms with Gasteiger partial charge in [0.15, 0.2) is 5.16 Å². The summed E-state index contributed by atoms with van der Waals surface area (Å²) in [6.07, 6.45) is 4.25. The van der Waals surface area contributed by atoms with E-state index in [-0.39, 0.29) is 17.3 Å². The molecule has 1 amide bonds. The van der Waals surface area contributed by atoms with Crippen LogP contribution in [0.1, 0.15) is 65.1 Å². The number of hydrogen-bond acceptors (Lipinski definition) is 4. The molecule has 0 aromatic carbocycles. The predicted octanol–water partition coefficient (Wildman–Crippen LogP) is 3.36. The quantitative estimate of drug-likeness (QED) is 0.774. The Morgan fingerprint density at radius 1 is 1.43 bits per heavy atom. The predicted molar refractivity (Wildman–Crippen MR) is 94.0 cm³/mol. The van der Waals surface area contributed by atoms with Crippen molar-refractivity contribution in [2.45, 2.75) is 75.9 Å². The van der Waals surface area contributed by atoms with Crippen molar-refractivity contribution in [1.82, 2.24) is 14.9 Å². The van der Waals surface area contributed by atoms with Crippen molar-refractivity contribution in [3.8, 4) is 0 Å². The molecule has 1 aliphatic rings. The van der Waals surface area contributed by atoms with Crippen LogP contribution in [0.15, 0.2) is 11.4 Å². The van der Waals surface area contributed by atoms with Crippen molar-refractivity contribution in [3.05, 3.63) is 11.9 Å². The summed E-state index contributed by atoms with van der Waals surface area (Å²) in [5.74, 6) is 0.470. The van der Waals surface area contributed by atoms with Crippen LogP contribution >= 0.6 is 11.8 Å². The Morgan fingerprint density at radius 2 is 2.17 bits per heavy atom. The summed E-state index contributed by atoms with van der Waals surface area (Å²) in [6.45, 7) is 12.0. The van der Waals surface area contributed by atoms with E-state index in [0.29, 0.717) is 18.5 Å². The highest BCUT2D eigenvalue weighted by Crippen LogP contribution is 2.29. The second kappa shape index (κ2) is 8.20. The van der Waals surface area contributed by atoms with Crippen LogP contribution in [0.25, 0.3) is 0 Å². The van der Waals surface area contributed by atoms with Crippen LogP contribution in [0, 0.1) is 0 Å². The zero-order valence-corrected chi connectivity index (χ0v) is 15.7. The molecule has 2 heterocycles. The van der Waals surface area contributed by atoms with Crippen LogP contribution in [0.3, 0.4) is 0 Å². The Balaban J connectivity index is 1.96. The zero-order chi connectivity index (χ0) is 17.0. The molecule has 0 spiro atoms. The monoisotopic (exact) mass is 339 g/mol. The number of rotatable bonds is 7. The van der Waals surface area contributed by atoms with E-state index < -0.39 is 0 Å². The minimum absolute atomic E-state index is 0.0508. The van der Waals surface area contributed by atoms with Gasteiger partial charge in [-0.15, -0.1) is 0 Å². The van der Waals surface area contributed by atoms with Gasteiger partial charge in [-0.3, -0.25) is 4.79 Å². The number of amides is 1. The highest BCUT2D eigenvalue weighted by molar-refractivity contribution is 8.00. The minimum atomic E-state index is -0.170. The molecule has 6 heteroatoms. The molecule has 1 aliphatic heterocycles. The van der Waals surface area contributed by atoms with Gasteiger partial charge in [-0.1, -0.05) is 25.6 Å². The lowest BCUT2D eigenvalue weighted by atomic mass is 10.1. The summed E-state index contributed by atoms with van der Waals surface area (Å²) < 4.78 is 7.78. The second-order valence-electron chi connectivity index (χ2n) is 6.72. The largest absolute Gasteiger partial charge is 0.376 e. The summed E-state index contributed by atoms with van der Waals surface area (Å²) >= 11 is 1.53. The normalized spacial score (nSPS) is 19.5. The zero-order valence-electron chi connectivity index (χ0n) is 14.8. The van der Waals surface area contributed by atoms with E-state index >= 15 is 0 Å². The number of imidazole rings is 1. The number of carbonyl (C=O) groups is 1. The third-order valence-corrected chi connectivity index (χ3v) is 5.16. The SMILES string of the molecule is CC(C)c1cnc(S[C@H](C)C(=O)NC[C@@H]2CCCO2)n1C(C)C. The van der Waals surface area contributed by atoms with E-state index in [1.807, 2.05) is 13.1 Å². The van der Waals surface area contributed by atoms with Crippen molar-refractivity contribution in [2.24, 2.45) is 0 Å². The lowest BCUT2D eigenvalue weighted by Crippen LogP contribution is -2.36. The van der Waals surface area contributed by atoms with Crippen LogP contribution in [0.2, 0.25) is 0 Å². The van der Waals surface area contributed by atoms with Gasteiger partial charge in [0.1, 0.15) is 0 Å². The molecule has 0 saturated carbocycles. The second-order valence-corrected chi connectivity index (χ2v) is 8.03. The first-order chi connectivity index (χ1) is 10.9. The molecule has 1 aromatic rings. The molecular weight excluding hydrogens is 310 g/mol. The topological polar surface area (TPSA) is 56.1 Å². The van der Waals surface area contributed by atoms with E-state index in [1.165, 1.54) is 17.5 Å².